The predicted molar refractivity (Wildman–Crippen MR) is 111 cm³/mol. The van der Waals surface area contributed by atoms with Crippen LogP contribution in [-0.4, -0.2) is 42.3 Å². The van der Waals surface area contributed by atoms with Crippen LogP contribution in [0.15, 0.2) is 46.5 Å². The molecule has 0 N–H and O–H groups in total. The lowest BCUT2D eigenvalue weighted by Gasteiger charge is -2.20. The summed E-state index contributed by atoms with van der Waals surface area (Å²) in [5.74, 6) is 1.67. The molecule has 1 aliphatic carbocycles. The van der Waals surface area contributed by atoms with E-state index in [-0.39, 0.29) is 17.9 Å². The molecular formula is C21H19FN8O2. The van der Waals surface area contributed by atoms with E-state index in [0.29, 0.717) is 28.3 Å². The Morgan fingerprint density at radius 2 is 2.00 bits per heavy atom. The molecule has 2 aliphatic rings. The molecule has 4 heterocycles. The fourth-order valence-electron chi connectivity index (χ4n) is 4.02. The third kappa shape index (κ3) is 3.71. The number of fused-ring (bicyclic) bond motifs is 2. The molecule has 0 spiro atoms. The van der Waals surface area contributed by atoms with Gasteiger partial charge in [0.25, 0.3) is 5.56 Å². The number of piperidine rings is 1. The summed E-state index contributed by atoms with van der Waals surface area (Å²) in [6.45, 7) is 2.16. The number of halogens is 1. The Kier molecular flexibility index (Phi) is 4.89. The van der Waals surface area contributed by atoms with E-state index in [9.17, 15) is 9.18 Å². The lowest BCUT2D eigenvalue weighted by Crippen LogP contribution is -2.22. The van der Waals surface area contributed by atoms with E-state index in [2.05, 4.69) is 25.0 Å². The maximum absolute atomic E-state index is 13.6. The van der Waals surface area contributed by atoms with Gasteiger partial charge in [-0.2, -0.15) is 10.2 Å². The Bertz CT molecular complexity index is 1360. The summed E-state index contributed by atoms with van der Waals surface area (Å²) >= 11 is 0. The Balaban J connectivity index is 0.000000136. The molecule has 0 radical (unpaired) electrons. The Morgan fingerprint density at radius 1 is 1.22 bits per heavy atom. The highest BCUT2D eigenvalue weighted by molar-refractivity contribution is 5.68. The summed E-state index contributed by atoms with van der Waals surface area (Å²) in [5.41, 5.74) is 1.74. The van der Waals surface area contributed by atoms with E-state index in [0.717, 1.165) is 24.9 Å². The standard InChI is InChI=1S/C12H11FN2.C9H8N6O2/c13-11-3-8(5-14)1-2-12(11)15-6-9-4-10(9)7-15;1-14-4-11-8-7(14)9(16)15(5-12-8)2-6-10-3-13-17-6/h1-3,9-10H,4,6-7H2;3-5H,2H2,1H3/t9-,10+;. The average Bonchev–Trinajstić information content (AvgIpc) is 3.18. The van der Waals surface area contributed by atoms with Crippen molar-refractivity contribution in [1.82, 2.24) is 29.2 Å². The number of anilines is 1. The second kappa shape index (κ2) is 7.88. The van der Waals surface area contributed by atoms with Crippen molar-refractivity contribution in [2.24, 2.45) is 18.9 Å². The monoisotopic (exact) mass is 434 g/mol. The first-order valence-corrected chi connectivity index (χ1v) is 10.1. The minimum atomic E-state index is -0.268. The highest BCUT2D eigenvalue weighted by Gasteiger charge is 2.45. The largest absolute Gasteiger partial charge is 0.369 e. The zero-order valence-corrected chi connectivity index (χ0v) is 17.2. The molecule has 2 fully saturated rings. The highest BCUT2D eigenvalue weighted by Crippen LogP contribution is 2.46. The first-order chi connectivity index (χ1) is 15.5. The maximum atomic E-state index is 13.6. The van der Waals surface area contributed by atoms with E-state index < -0.39 is 0 Å². The van der Waals surface area contributed by atoms with Gasteiger partial charge in [0.15, 0.2) is 17.5 Å². The first-order valence-electron chi connectivity index (χ1n) is 10.1. The van der Waals surface area contributed by atoms with Gasteiger partial charge in [0, 0.05) is 20.1 Å². The van der Waals surface area contributed by atoms with Crippen molar-refractivity contribution >= 4 is 16.9 Å². The number of benzene rings is 1. The van der Waals surface area contributed by atoms with Crippen LogP contribution in [0.25, 0.3) is 11.2 Å². The molecule has 3 aromatic heterocycles. The van der Waals surface area contributed by atoms with Crippen molar-refractivity contribution in [3.05, 3.63) is 64.8 Å². The smallest absolute Gasteiger partial charge is 0.280 e. The summed E-state index contributed by atoms with van der Waals surface area (Å²) in [4.78, 5) is 26.1. The van der Waals surface area contributed by atoms with Gasteiger partial charge in [0.05, 0.1) is 23.6 Å². The molecular weight excluding hydrogens is 415 g/mol. The highest BCUT2D eigenvalue weighted by atomic mass is 19.1. The molecule has 0 bridgehead atoms. The van der Waals surface area contributed by atoms with Crippen LogP contribution in [0.1, 0.15) is 17.9 Å². The fraction of sp³-hybridized carbons (Fsp3) is 0.333. The minimum absolute atomic E-state index is 0.187. The number of aromatic nitrogens is 6. The number of aryl methyl sites for hydroxylation is 1. The van der Waals surface area contributed by atoms with Crippen molar-refractivity contribution in [3.63, 3.8) is 0 Å². The van der Waals surface area contributed by atoms with Crippen LogP contribution in [0.3, 0.4) is 0 Å². The maximum Gasteiger partial charge on any atom is 0.280 e. The van der Waals surface area contributed by atoms with Crippen LogP contribution in [0, 0.1) is 29.0 Å². The van der Waals surface area contributed by atoms with Gasteiger partial charge >= 0.3 is 0 Å². The van der Waals surface area contributed by atoms with Gasteiger partial charge in [-0.3, -0.25) is 9.36 Å². The summed E-state index contributed by atoms with van der Waals surface area (Å²) in [6, 6.07) is 6.67. The van der Waals surface area contributed by atoms with E-state index >= 15 is 0 Å². The normalized spacial score (nSPS) is 18.7. The number of rotatable bonds is 3. The van der Waals surface area contributed by atoms with Gasteiger partial charge < -0.3 is 14.0 Å². The van der Waals surface area contributed by atoms with Crippen LogP contribution in [0.4, 0.5) is 10.1 Å². The van der Waals surface area contributed by atoms with Gasteiger partial charge in [0.2, 0.25) is 5.89 Å². The first kappa shape index (κ1) is 19.9. The lowest BCUT2D eigenvalue weighted by molar-refractivity contribution is 0.368. The zero-order valence-electron chi connectivity index (χ0n) is 17.2. The van der Waals surface area contributed by atoms with Crippen molar-refractivity contribution in [3.8, 4) is 6.07 Å². The summed E-state index contributed by atoms with van der Waals surface area (Å²) in [7, 11) is 1.75. The topological polar surface area (TPSA) is 119 Å². The number of nitriles is 1. The number of hydrogen-bond acceptors (Lipinski definition) is 8. The summed E-state index contributed by atoms with van der Waals surface area (Å²) in [6.07, 6.45) is 5.57. The number of nitrogens with zero attached hydrogens (tertiary/aromatic N) is 8. The second-order valence-electron chi connectivity index (χ2n) is 7.98. The molecule has 6 rings (SSSR count). The molecule has 1 saturated heterocycles. The molecule has 0 unspecified atom stereocenters. The van der Waals surface area contributed by atoms with Gasteiger partial charge in [-0.05, 0) is 36.5 Å². The van der Waals surface area contributed by atoms with Gasteiger partial charge in [-0.15, -0.1) is 0 Å². The van der Waals surface area contributed by atoms with Crippen LogP contribution in [0.5, 0.6) is 0 Å². The summed E-state index contributed by atoms with van der Waals surface area (Å²) in [5, 5.41) is 12.1. The SMILES string of the molecule is Cn1cnc2ncn(Cc3ncno3)c(=O)c21.N#Cc1ccc(N2C[C@H]3C[C@H]3C2)c(F)c1. The molecule has 1 saturated carbocycles. The Labute approximate surface area is 181 Å². The third-order valence-corrected chi connectivity index (χ3v) is 5.81. The molecule has 2 atom stereocenters. The molecule has 1 aromatic carbocycles. The lowest BCUT2D eigenvalue weighted by atomic mass is 10.2. The Morgan fingerprint density at radius 3 is 2.69 bits per heavy atom. The number of imidazole rings is 1. The zero-order chi connectivity index (χ0) is 22.2. The predicted octanol–water partition coefficient (Wildman–Crippen LogP) is 1.71. The third-order valence-electron chi connectivity index (χ3n) is 5.81. The average molecular weight is 434 g/mol. The minimum Gasteiger partial charge on any atom is -0.369 e. The fourth-order valence-corrected chi connectivity index (χ4v) is 4.02. The summed E-state index contributed by atoms with van der Waals surface area (Å²) < 4.78 is 21.5. The molecule has 4 aromatic rings. The van der Waals surface area contributed by atoms with Gasteiger partial charge in [-0.25, -0.2) is 14.4 Å². The van der Waals surface area contributed by atoms with Crippen molar-refractivity contribution in [2.45, 2.75) is 13.0 Å². The molecule has 0 amide bonds. The molecule has 11 heteroatoms. The quantitative estimate of drug-likeness (QED) is 0.478. The van der Waals surface area contributed by atoms with Crippen LogP contribution in [0.2, 0.25) is 0 Å². The van der Waals surface area contributed by atoms with Crippen LogP contribution in [-0.2, 0) is 13.6 Å². The van der Waals surface area contributed by atoms with Crippen LogP contribution >= 0.6 is 0 Å². The molecule has 10 nitrogen and oxygen atoms in total. The van der Waals surface area contributed by atoms with Gasteiger partial charge in [-0.1, -0.05) is 5.16 Å². The van der Waals surface area contributed by atoms with Crippen molar-refractivity contribution in [1.29, 1.82) is 5.26 Å². The van der Waals surface area contributed by atoms with E-state index in [1.165, 1.54) is 29.7 Å². The van der Waals surface area contributed by atoms with Gasteiger partial charge in [0.1, 0.15) is 18.7 Å². The van der Waals surface area contributed by atoms with Crippen molar-refractivity contribution in [2.75, 3.05) is 18.0 Å². The van der Waals surface area contributed by atoms with Crippen molar-refractivity contribution < 1.29 is 8.91 Å². The number of hydrogen-bond donors (Lipinski definition) is 0. The van der Waals surface area contributed by atoms with E-state index in [1.54, 1.807) is 30.1 Å². The van der Waals surface area contributed by atoms with E-state index in [1.807, 2.05) is 6.07 Å². The molecule has 1 aliphatic heterocycles. The second-order valence-corrected chi connectivity index (χ2v) is 7.98. The Hall–Kier alpha value is -4.07. The van der Waals surface area contributed by atoms with E-state index in [4.69, 9.17) is 9.78 Å². The molecule has 162 valence electrons. The molecule has 32 heavy (non-hydrogen) atoms. The van der Waals surface area contributed by atoms with Crippen LogP contribution < -0.4 is 10.5 Å².